The number of hydrogen-bond acceptors (Lipinski definition) is 2. The van der Waals surface area contributed by atoms with Gasteiger partial charge in [-0.15, -0.1) is 0 Å². The molecule has 0 fully saturated rings. The van der Waals surface area contributed by atoms with Crippen LogP contribution in [-0.2, 0) is 16.0 Å². The average Bonchev–Trinajstić information content (AvgIpc) is 2.08. The largest absolute Gasteiger partial charge is 0.465 e. The van der Waals surface area contributed by atoms with Crippen LogP contribution in [0.1, 0.15) is 5.56 Å². The SMILES string of the molecule is [CH2]C(=O)OCCc1ccc(Cl)cc1. The summed E-state index contributed by atoms with van der Waals surface area (Å²) in [6.45, 7) is 3.47. The summed E-state index contributed by atoms with van der Waals surface area (Å²) >= 11 is 5.70. The van der Waals surface area contributed by atoms with E-state index in [9.17, 15) is 4.79 Å². The lowest BCUT2D eigenvalue weighted by Crippen LogP contribution is -2.03. The van der Waals surface area contributed by atoms with Gasteiger partial charge in [0.15, 0.2) is 0 Å². The van der Waals surface area contributed by atoms with Gasteiger partial charge in [-0.2, -0.15) is 0 Å². The van der Waals surface area contributed by atoms with Crippen molar-refractivity contribution in [3.05, 3.63) is 41.8 Å². The van der Waals surface area contributed by atoms with Gasteiger partial charge < -0.3 is 4.74 Å². The second-order valence-electron chi connectivity index (χ2n) is 2.60. The van der Waals surface area contributed by atoms with Gasteiger partial charge in [0.1, 0.15) is 0 Å². The number of rotatable bonds is 3. The highest BCUT2D eigenvalue weighted by molar-refractivity contribution is 6.30. The van der Waals surface area contributed by atoms with Crippen molar-refractivity contribution in [3.8, 4) is 0 Å². The van der Waals surface area contributed by atoms with Crippen LogP contribution < -0.4 is 0 Å². The first kappa shape index (κ1) is 10.1. The number of hydrogen-bond donors (Lipinski definition) is 0. The maximum atomic E-state index is 10.3. The molecule has 0 saturated heterocycles. The molecule has 0 aromatic heterocycles. The van der Waals surface area contributed by atoms with Crippen molar-refractivity contribution in [1.29, 1.82) is 0 Å². The van der Waals surface area contributed by atoms with Crippen LogP contribution in [0.15, 0.2) is 24.3 Å². The van der Waals surface area contributed by atoms with E-state index in [1.165, 1.54) is 0 Å². The van der Waals surface area contributed by atoms with E-state index in [4.69, 9.17) is 16.3 Å². The van der Waals surface area contributed by atoms with E-state index in [2.05, 4.69) is 6.92 Å². The van der Waals surface area contributed by atoms with Crippen molar-refractivity contribution < 1.29 is 9.53 Å². The Morgan fingerprint density at radius 2 is 2.00 bits per heavy atom. The van der Waals surface area contributed by atoms with Gasteiger partial charge >= 0.3 is 5.97 Å². The lowest BCUT2D eigenvalue weighted by molar-refractivity contribution is -0.137. The van der Waals surface area contributed by atoms with Crippen molar-refractivity contribution >= 4 is 17.6 Å². The van der Waals surface area contributed by atoms with E-state index in [0.29, 0.717) is 18.1 Å². The molecule has 0 aliphatic carbocycles. The van der Waals surface area contributed by atoms with Crippen molar-refractivity contribution in [2.75, 3.05) is 6.61 Å². The highest BCUT2D eigenvalue weighted by atomic mass is 35.5. The molecule has 2 nitrogen and oxygen atoms in total. The molecule has 1 aromatic carbocycles. The molecule has 0 amide bonds. The third-order valence-electron chi connectivity index (χ3n) is 1.57. The molecule has 0 heterocycles. The first-order valence-electron chi connectivity index (χ1n) is 3.91. The molecule has 1 aromatic rings. The summed E-state index contributed by atoms with van der Waals surface area (Å²) in [4.78, 5) is 10.3. The standard InChI is InChI=1S/C10H10ClO2/c1-8(12)13-7-6-9-2-4-10(11)5-3-9/h2-5H,1,6-7H2. The van der Waals surface area contributed by atoms with Gasteiger partial charge in [-0.05, 0) is 17.7 Å². The van der Waals surface area contributed by atoms with Gasteiger partial charge in [0, 0.05) is 11.4 Å². The summed E-state index contributed by atoms with van der Waals surface area (Å²) in [7, 11) is 0. The zero-order chi connectivity index (χ0) is 9.68. The minimum atomic E-state index is -0.492. The van der Waals surface area contributed by atoms with Gasteiger partial charge in [0.05, 0.1) is 13.5 Å². The van der Waals surface area contributed by atoms with E-state index in [0.717, 1.165) is 5.56 Å². The van der Waals surface area contributed by atoms with Crippen molar-refractivity contribution in [2.24, 2.45) is 0 Å². The third kappa shape index (κ3) is 3.95. The van der Waals surface area contributed by atoms with Crippen molar-refractivity contribution in [1.82, 2.24) is 0 Å². The lowest BCUT2D eigenvalue weighted by Gasteiger charge is -2.01. The quantitative estimate of drug-likeness (QED) is 0.695. The van der Waals surface area contributed by atoms with Crippen LogP contribution in [0.3, 0.4) is 0 Å². The summed E-state index contributed by atoms with van der Waals surface area (Å²) in [5.41, 5.74) is 1.09. The fraction of sp³-hybridized carbons (Fsp3) is 0.200. The van der Waals surface area contributed by atoms with Crippen LogP contribution in [0.5, 0.6) is 0 Å². The lowest BCUT2D eigenvalue weighted by atomic mass is 10.2. The van der Waals surface area contributed by atoms with Crippen LogP contribution in [0.4, 0.5) is 0 Å². The van der Waals surface area contributed by atoms with Crippen LogP contribution in [0.2, 0.25) is 5.02 Å². The summed E-state index contributed by atoms with van der Waals surface area (Å²) in [5, 5.41) is 0.706. The van der Waals surface area contributed by atoms with Crippen molar-refractivity contribution in [2.45, 2.75) is 6.42 Å². The van der Waals surface area contributed by atoms with Crippen LogP contribution in [0, 0.1) is 6.92 Å². The number of halogens is 1. The van der Waals surface area contributed by atoms with E-state index in [1.807, 2.05) is 24.3 Å². The molecule has 1 rings (SSSR count). The fourth-order valence-corrected chi connectivity index (χ4v) is 1.06. The number of esters is 1. The van der Waals surface area contributed by atoms with E-state index < -0.39 is 5.97 Å². The molecule has 0 saturated carbocycles. The Hall–Kier alpha value is -1.02. The van der Waals surface area contributed by atoms with Gasteiger partial charge in [0.25, 0.3) is 0 Å². The van der Waals surface area contributed by atoms with Crippen LogP contribution in [0.25, 0.3) is 0 Å². The van der Waals surface area contributed by atoms with Gasteiger partial charge in [-0.3, -0.25) is 4.79 Å². The highest BCUT2D eigenvalue weighted by Crippen LogP contribution is 2.09. The van der Waals surface area contributed by atoms with E-state index in [1.54, 1.807) is 0 Å². The van der Waals surface area contributed by atoms with Gasteiger partial charge in [-0.25, -0.2) is 0 Å². The molecular formula is C10H10ClO2. The molecular weight excluding hydrogens is 188 g/mol. The summed E-state index contributed by atoms with van der Waals surface area (Å²) < 4.78 is 4.69. The second-order valence-corrected chi connectivity index (χ2v) is 3.03. The Morgan fingerprint density at radius 1 is 1.38 bits per heavy atom. The summed E-state index contributed by atoms with van der Waals surface area (Å²) in [6, 6.07) is 7.42. The fourth-order valence-electron chi connectivity index (χ4n) is 0.934. The monoisotopic (exact) mass is 197 g/mol. The van der Waals surface area contributed by atoms with Crippen LogP contribution >= 0.6 is 11.6 Å². The molecule has 13 heavy (non-hydrogen) atoms. The van der Waals surface area contributed by atoms with Gasteiger partial charge in [0.2, 0.25) is 0 Å². The summed E-state index contributed by atoms with van der Waals surface area (Å²) in [6.07, 6.45) is 0.693. The Labute approximate surface area is 82.5 Å². The van der Waals surface area contributed by atoms with Gasteiger partial charge in [-0.1, -0.05) is 23.7 Å². The molecule has 69 valence electrons. The summed E-state index contributed by atoms with van der Waals surface area (Å²) in [5.74, 6) is -0.492. The smallest absolute Gasteiger partial charge is 0.306 e. The molecule has 1 radical (unpaired) electrons. The Kier molecular flexibility index (Phi) is 3.77. The zero-order valence-electron chi connectivity index (χ0n) is 7.13. The number of carbonyl (C=O) groups is 1. The Balaban J connectivity index is 2.37. The molecule has 3 heteroatoms. The predicted octanol–water partition coefficient (Wildman–Crippen LogP) is 2.26. The van der Waals surface area contributed by atoms with Crippen molar-refractivity contribution in [3.63, 3.8) is 0 Å². The Morgan fingerprint density at radius 3 is 2.54 bits per heavy atom. The van der Waals surface area contributed by atoms with E-state index in [-0.39, 0.29) is 0 Å². The molecule has 0 atom stereocenters. The second kappa shape index (κ2) is 4.87. The van der Waals surface area contributed by atoms with E-state index >= 15 is 0 Å². The maximum absolute atomic E-state index is 10.3. The number of benzene rings is 1. The topological polar surface area (TPSA) is 26.3 Å². The third-order valence-corrected chi connectivity index (χ3v) is 1.82. The highest BCUT2D eigenvalue weighted by Gasteiger charge is 1.95. The molecule has 0 unspecified atom stereocenters. The normalized spacial score (nSPS) is 9.69. The average molecular weight is 198 g/mol. The molecule has 0 spiro atoms. The molecule has 0 bridgehead atoms. The first-order valence-corrected chi connectivity index (χ1v) is 4.29. The Bertz CT molecular complexity index is 279. The maximum Gasteiger partial charge on any atom is 0.306 e. The predicted molar refractivity (Wildman–Crippen MR) is 51.5 cm³/mol. The molecule has 0 N–H and O–H groups in total. The molecule has 0 aliphatic heterocycles. The minimum Gasteiger partial charge on any atom is -0.465 e. The zero-order valence-corrected chi connectivity index (χ0v) is 7.88. The number of ether oxygens (including phenoxy) is 1. The first-order chi connectivity index (χ1) is 6.18. The van der Waals surface area contributed by atoms with Crippen LogP contribution in [-0.4, -0.2) is 12.6 Å². The molecule has 0 aliphatic rings. The minimum absolute atomic E-state index is 0.365. The number of carbonyl (C=O) groups excluding carboxylic acids is 1.